The lowest BCUT2D eigenvalue weighted by Crippen LogP contribution is -2.47. The molecule has 3 aliphatic rings. The van der Waals surface area contributed by atoms with Gasteiger partial charge in [0.25, 0.3) is 5.92 Å². The quantitative estimate of drug-likeness (QED) is 0.357. The van der Waals surface area contributed by atoms with Crippen LogP contribution in [0.4, 0.5) is 8.78 Å². The van der Waals surface area contributed by atoms with Gasteiger partial charge in [-0.3, -0.25) is 4.79 Å². The summed E-state index contributed by atoms with van der Waals surface area (Å²) in [5.74, 6) is -1.95. The van der Waals surface area contributed by atoms with Gasteiger partial charge < -0.3 is 9.64 Å². The molecule has 6 heteroatoms. The summed E-state index contributed by atoms with van der Waals surface area (Å²) in [5.41, 5.74) is 1.66. The average Bonchev–Trinajstić information content (AvgIpc) is 3.09. The molecule has 0 aromatic heterocycles. The minimum Gasteiger partial charge on any atom is -0.451 e. The highest BCUT2D eigenvalue weighted by molar-refractivity contribution is 6.08. The van der Waals surface area contributed by atoms with E-state index in [1.807, 2.05) is 12.1 Å². The highest BCUT2D eigenvalue weighted by Gasteiger charge is 2.50. The van der Waals surface area contributed by atoms with Crippen molar-refractivity contribution in [2.24, 2.45) is 11.8 Å². The summed E-state index contributed by atoms with van der Waals surface area (Å²) in [5, 5.41) is 0. The number of nitrogens with zero attached hydrogens (tertiary/aromatic N) is 1. The summed E-state index contributed by atoms with van der Waals surface area (Å²) in [6.45, 7) is 7.51. The van der Waals surface area contributed by atoms with E-state index >= 15 is 0 Å². The van der Waals surface area contributed by atoms with E-state index in [9.17, 15) is 18.4 Å². The molecule has 1 aromatic carbocycles. The standard InChI is InChI=1S/C30H41F2NO3/c1-4-33-18-16-30(17-19-33)27(21(2)28(35)36-30)26(34)20-24-10-8-22(9-11-24)6-5-7-23-12-14-25(15-13-23)29(3,31)32/h12-15,22,24H,4-11,16-20H2,1-3H3. The maximum atomic E-state index is 13.4. The first kappa shape index (κ1) is 27.0. The first-order valence-electron chi connectivity index (χ1n) is 13.8. The van der Waals surface area contributed by atoms with Crippen molar-refractivity contribution >= 4 is 11.8 Å². The Morgan fingerprint density at radius 2 is 1.69 bits per heavy atom. The number of halogens is 2. The molecular weight excluding hydrogens is 460 g/mol. The van der Waals surface area contributed by atoms with Gasteiger partial charge >= 0.3 is 5.97 Å². The van der Waals surface area contributed by atoms with Crippen molar-refractivity contribution in [2.75, 3.05) is 19.6 Å². The van der Waals surface area contributed by atoms with Gasteiger partial charge in [-0.25, -0.2) is 13.6 Å². The molecule has 4 rings (SSSR count). The first-order chi connectivity index (χ1) is 17.1. The van der Waals surface area contributed by atoms with E-state index in [0.29, 0.717) is 42.2 Å². The van der Waals surface area contributed by atoms with Crippen molar-refractivity contribution in [1.82, 2.24) is 4.90 Å². The molecule has 0 unspecified atom stereocenters. The number of hydrogen-bond donors (Lipinski definition) is 0. The van der Waals surface area contributed by atoms with E-state index in [2.05, 4.69) is 11.8 Å². The van der Waals surface area contributed by atoms with E-state index in [1.54, 1.807) is 6.92 Å². The number of esters is 1. The molecule has 0 N–H and O–H groups in total. The Morgan fingerprint density at radius 3 is 2.28 bits per heavy atom. The number of Topliss-reactive ketones (excluding diaryl/α,β-unsaturated/α-hetero) is 1. The number of benzene rings is 1. The Hall–Kier alpha value is -2.08. The van der Waals surface area contributed by atoms with E-state index in [4.69, 9.17) is 4.74 Å². The molecule has 198 valence electrons. The van der Waals surface area contributed by atoms with Gasteiger partial charge in [0, 0.05) is 56.0 Å². The number of hydrogen-bond acceptors (Lipinski definition) is 4. The number of ketones is 1. The van der Waals surface area contributed by atoms with Gasteiger partial charge in [-0.05, 0) is 56.6 Å². The highest BCUT2D eigenvalue weighted by atomic mass is 19.3. The van der Waals surface area contributed by atoms with Crippen LogP contribution in [0.15, 0.2) is 35.4 Å². The molecule has 2 fully saturated rings. The largest absolute Gasteiger partial charge is 0.451 e. The minimum absolute atomic E-state index is 0.0657. The number of carbonyl (C=O) groups is 2. The van der Waals surface area contributed by atoms with Gasteiger partial charge in [-0.1, -0.05) is 50.5 Å². The fourth-order valence-corrected chi connectivity index (χ4v) is 6.44. The molecule has 36 heavy (non-hydrogen) atoms. The molecule has 1 saturated heterocycles. The molecule has 0 atom stereocenters. The van der Waals surface area contributed by atoms with Crippen molar-refractivity contribution in [1.29, 1.82) is 0 Å². The summed E-state index contributed by atoms with van der Waals surface area (Å²) in [6, 6.07) is 6.72. The van der Waals surface area contributed by atoms with Crippen molar-refractivity contribution in [2.45, 2.75) is 96.5 Å². The second-order valence-corrected chi connectivity index (χ2v) is 11.3. The lowest BCUT2D eigenvalue weighted by molar-refractivity contribution is -0.150. The Morgan fingerprint density at radius 1 is 1.08 bits per heavy atom. The van der Waals surface area contributed by atoms with Crippen molar-refractivity contribution < 1.29 is 23.1 Å². The Labute approximate surface area is 214 Å². The van der Waals surface area contributed by atoms with Crippen LogP contribution in [0.3, 0.4) is 0 Å². The summed E-state index contributed by atoms with van der Waals surface area (Å²) in [6.07, 6.45) is 9.39. The van der Waals surface area contributed by atoms with Crippen LogP contribution in [0.25, 0.3) is 0 Å². The minimum atomic E-state index is -2.79. The molecule has 1 saturated carbocycles. The maximum Gasteiger partial charge on any atom is 0.335 e. The van der Waals surface area contributed by atoms with Crippen LogP contribution in [0, 0.1) is 11.8 Å². The number of piperidine rings is 1. The number of aryl methyl sites for hydroxylation is 1. The van der Waals surface area contributed by atoms with Gasteiger partial charge in [0.05, 0.1) is 0 Å². The third-order valence-corrected chi connectivity index (χ3v) is 8.79. The monoisotopic (exact) mass is 501 g/mol. The Bertz CT molecular complexity index is 963. The lowest BCUT2D eigenvalue weighted by atomic mass is 9.75. The predicted octanol–water partition coefficient (Wildman–Crippen LogP) is 6.61. The van der Waals surface area contributed by atoms with Crippen LogP contribution in [0.5, 0.6) is 0 Å². The first-order valence-corrected chi connectivity index (χ1v) is 13.8. The van der Waals surface area contributed by atoms with E-state index in [0.717, 1.165) is 77.1 Å². The normalized spacial score (nSPS) is 24.9. The fourth-order valence-electron chi connectivity index (χ4n) is 6.44. The number of ether oxygens (including phenoxy) is 1. The molecule has 0 amide bonds. The molecule has 1 spiro atoms. The smallest absolute Gasteiger partial charge is 0.335 e. The molecule has 1 aliphatic carbocycles. The number of rotatable bonds is 9. The third kappa shape index (κ3) is 6.07. The summed E-state index contributed by atoms with van der Waals surface area (Å²) >= 11 is 0. The Kier molecular flexibility index (Phi) is 8.33. The molecule has 1 aromatic rings. The summed E-state index contributed by atoms with van der Waals surface area (Å²) in [7, 11) is 0. The van der Waals surface area contributed by atoms with Gasteiger partial charge in [0.1, 0.15) is 5.60 Å². The molecule has 2 heterocycles. The Balaban J connectivity index is 1.23. The van der Waals surface area contributed by atoms with Gasteiger partial charge in [-0.15, -0.1) is 0 Å². The number of likely N-dealkylation sites (tertiary alicyclic amines) is 1. The van der Waals surface area contributed by atoms with Gasteiger partial charge in [-0.2, -0.15) is 0 Å². The van der Waals surface area contributed by atoms with Crippen molar-refractivity contribution in [3.05, 3.63) is 46.5 Å². The average molecular weight is 502 g/mol. The van der Waals surface area contributed by atoms with Gasteiger partial charge in [0.15, 0.2) is 5.78 Å². The second-order valence-electron chi connectivity index (χ2n) is 11.3. The van der Waals surface area contributed by atoms with Crippen molar-refractivity contribution in [3.63, 3.8) is 0 Å². The second kappa shape index (κ2) is 11.1. The molecule has 0 radical (unpaired) electrons. The third-order valence-electron chi connectivity index (χ3n) is 8.79. The van der Waals surface area contributed by atoms with Crippen LogP contribution < -0.4 is 0 Å². The maximum absolute atomic E-state index is 13.4. The molecule has 2 aliphatic heterocycles. The van der Waals surface area contributed by atoms with E-state index in [1.165, 1.54) is 12.1 Å². The molecule has 0 bridgehead atoms. The van der Waals surface area contributed by atoms with Gasteiger partial charge in [0.2, 0.25) is 0 Å². The fraction of sp³-hybridized carbons (Fsp3) is 0.667. The van der Waals surface area contributed by atoms with Crippen LogP contribution in [-0.2, 0) is 26.7 Å². The van der Waals surface area contributed by atoms with Crippen LogP contribution in [0.2, 0.25) is 0 Å². The number of carbonyl (C=O) groups excluding carboxylic acids is 2. The van der Waals surface area contributed by atoms with E-state index in [-0.39, 0.29) is 17.3 Å². The van der Waals surface area contributed by atoms with Crippen LogP contribution >= 0.6 is 0 Å². The van der Waals surface area contributed by atoms with Crippen molar-refractivity contribution in [3.8, 4) is 0 Å². The van der Waals surface area contributed by atoms with E-state index < -0.39 is 11.5 Å². The summed E-state index contributed by atoms with van der Waals surface area (Å²) < 4.78 is 32.6. The highest BCUT2D eigenvalue weighted by Crippen LogP contribution is 2.43. The van der Waals surface area contributed by atoms with Crippen LogP contribution in [-0.4, -0.2) is 41.9 Å². The summed E-state index contributed by atoms with van der Waals surface area (Å²) in [4.78, 5) is 28.2. The zero-order valence-corrected chi connectivity index (χ0v) is 22.1. The SMILES string of the molecule is CCN1CCC2(CC1)OC(=O)C(C)=C2C(=O)CC1CCC(CCCc2ccc(C(C)(F)F)cc2)CC1. The zero-order valence-electron chi connectivity index (χ0n) is 22.1. The predicted molar refractivity (Wildman–Crippen MR) is 137 cm³/mol. The number of alkyl halides is 2. The van der Waals surface area contributed by atoms with Crippen LogP contribution in [0.1, 0.15) is 89.7 Å². The molecular formula is C30H41F2NO3. The molecule has 4 nitrogen and oxygen atoms in total. The zero-order chi connectivity index (χ0) is 25.9. The topological polar surface area (TPSA) is 46.6 Å². The lowest BCUT2D eigenvalue weighted by Gasteiger charge is -2.39.